The summed E-state index contributed by atoms with van der Waals surface area (Å²) in [7, 11) is 2.78. The Morgan fingerprint density at radius 1 is 1.36 bits per heavy atom. The number of nitro groups is 1. The number of rotatable bonds is 6. The molecule has 1 aromatic carbocycles. The zero-order valence-electron chi connectivity index (χ0n) is 13.8. The molecule has 0 saturated carbocycles. The number of carboxylic acid groups (broad SMARTS) is 1. The number of nitrogens with zero attached hydrogens (tertiary/aromatic N) is 2. The van der Waals surface area contributed by atoms with Gasteiger partial charge in [0.1, 0.15) is 17.1 Å². The molecule has 1 N–H and O–H groups in total. The summed E-state index contributed by atoms with van der Waals surface area (Å²) in [5.74, 6) is -1.00. The van der Waals surface area contributed by atoms with E-state index in [2.05, 4.69) is 0 Å². The lowest BCUT2D eigenvalue weighted by atomic mass is 10.1. The van der Waals surface area contributed by atoms with E-state index in [1.54, 1.807) is 0 Å². The second-order valence-corrected chi connectivity index (χ2v) is 5.29. The van der Waals surface area contributed by atoms with E-state index < -0.39 is 16.8 Å². The Labute approximate surface area is 142 Å². The van der Waals surface area contributed by atoms with Crippen LogP contribution in [0.15, 0.2) is 28.7 Å². The van der Waals surface area contributed by atoms with Crippen molar-refractivity contribution in [3.05, 3.63) is 57.0 Å². The number of benzene rings is 1. The van der Waals surface area contributed by atoms with Crippen molar-refractivity contribution in [2.45, 2.75) is 13.5 Å². The maximum absolute atomic E-state index is 12.5. The van der Waals surface area contributed by atoms with Crippen LogP contribution in [0.5, 0.6) is 5.75 Å². The van der Waals surface area contributed by atoms with E-state index in [0.717, 1.165) is 6.07 Å². The number of hydrogen-bond donors (Lipinski definition) is 1. The molecule has 0 fully saturated rings. The predicted octanol–water partition coefficient (Wildman–Crippen LogP) is 2.48. The molecular weight excluding hydrogens is 332 g/mol. The fourth-order valence-electron chi connectivity index (χ4n) is 2.33. The molecule has 1 heterocycles. The number of hydrogen-bond acceptors (Lipinski definition) is 6. The Bertz CT molecular complexity index is 841. The molecule has 9 nitrogen and oxygen atoms in total. The van der Waals surface area contributed by atoms with E-state index in [1.165, 1.54) is 44.2 Å². The Hall–Kier alpha value is -3.36. The third-order valence-electron chi connectivity index (χ3n) is 3.56. The standard InChI is InChI=1S/C16H16N2O7/c1-9-12(16(20)21)7-11(25-9)8-17(2)15(19)10-4-5-14(24-3)13(6-10)18(22)23/h4-7H,8H2,1-3H3,(H,20,21). The summed E-state index contributed by atoms with van der Waals surface area (Å²) in [5.41, 5.74) is -0.184. The molecule has 1 amide bonds. The monoisotopic (exact) mass is 348 g/mol. The number of amides is 1. The number of nitro benzene ring substituents is 1. The Balaban J connectivity index is 2.22. The van der Waals surface area contributed by atoms with Crippen LogP contribution in [0, 0.1) is 17.0 Å². The quantitative estimate of drug-likeness (QED) is 0.628. The van der Waals surface area contributed by atoms with Gasteiger partial charge in [-0.2, -0.15) is 0 Å². The van der Waals surface area contributed by atoms with Gasteiger partial charge in [0, 0.05) is 18.7 Å². The second kappa shape index (κ2) is 7.04. The highest BCUT2D eigenvalue weighted by Gasteiger charge is 2.21. The average Bonchev–Trinajstić information content (AvgIpc) is 2.93. The molecule has 0 radical (unpaired) electrons. The Morgan fingerprint density at radius 2 is 2.04 bits per heavy atom. The van der Waals surface area contributed by atoms with E-state index >= 15 is 0 Å². The topological polar surface area (TPSA) is 123 Å². The van der Waals surface area contributed by atoms with Crippen molar-refractivity contribution in [3.63, 3.8) is 0 Å². The van der Waals surface area contributed by atoms with Gasteiger partial charge in [0.15, 0.2) is 5.75 Å². The number of aryl methyl sites for hydroxylation is 1. The van der Waals surface area contributed by atoms with Crippen LogP contribution in [0.3, 0.4) is 0 Å². The van der Waals surface area contributed by atoms with Crippen molar-refractivity contribution in [3.8, 4) is 5.75 Å². The van der Waals surface area contributed by atoms with Gasteiger partial charge in [0.05, 0.1) is 18.6 Å². The summed E-state index contributed by atoms with van der Waals surface area (Å²) in [6, 6.07) is 5.24. The van der Waals surface area contributed by atoms with Crippen molar-refractivity contribution in [2.24, 2.45) is 0 Å². The fourth-order valence-corrected chi connectivity index (χ4v) is 2.33. The molecule has 0 aliphatic heterocycles. The summed E-state index contributed by atoms with van der Waals surface area (Å²) >= 11 is 0. The predicted molar refractivity (Wildman–Crippen MR) is 85.9 cm³/mol. The van der Waals surface area contributed by atoms with E-state index in [1.807, 2.05) is 0 Å². The molecule has 1 aromatic heterocycles. The van der Waals surface area contributed by atoms with Crippen LogP contribution in [0.2, 0.25) is 0 Å². The zero-order chi connectivity index (χ0) is 18.7. The first-order chi connectivity index (χ1) is 11.7. The molecule has 9 heteroatoms. The minimum absolute atomic E-state index is 0.0206. The molecule has 0 unspecified atom stereocenters. The third kappa shape index (κ3) is 3.77. The molecule has 2 rings (SSSR count). The van der Waals surface area contributed by atoms with Crippen LogP contribution in [0.4, 0.5) is 5.69 Å². The first-order valence-electron chi connectivity index (χ1n) is 7.15. The summed E-state index contributed by atoms with van der Waals surface area (Å²) in [6.07, 6.45) is 0. The van der Waals surface area contributed by atoms with Crippen LogP contribution in [-0.2, 0) is 6.54 Å². The van der Waals surface area contributed by atoms with Crippen molar-refractivity contribution >= 4 is 17.6 Å². The molecule has 0 atom stereocenters. The van der Waals surface area contributed by atoms with Gasteiger partial charge in [-0.05, 0) is 25.1 Å². The largest absolute Gasteiger partial charge is 0.490 e. The Kier molecular flexibility index (Phi) is 5.06. The first-order valence-corrected chi connectivity index (χ1v) is 7.15. The van der Waals surface area contributed by atoms with Crippen LogP contribution in [0.1, 0.15) is 32.2 Å². The Morgan fingerprint density at radius 3 is 2.56 bits per heavy atom. The van der Waals surface area contributed by atoms with Gasteiger partial charge in [0.25, 0.3) is 5.91 Å². The summed E-state index contributed by atoms with van der Waals surface area (Å²) in [6.45, 7) is 1.54. The molecule has 0 aliphatic rings. The van der Waals surface area contributed by atoms with Crippen LogP contribution in [-0.4, -0.2) is 41.0 Å². The van der Waals surface area contributed by atoms with Gasteiger partial charge in [-0.15, -0.1) is 0 Å². The maximum Gasteiger partial charge on any atom is 0.339 e. The third-order valence-corrected chi connectivity index (χ3v) is 3.56. The van der Waals surface area contributed by atoms with E-state index in [9.17, 15) is 19.7 Å². The minimum atomic E-state index is -1.12. The van der Waals surface area contributed by atoms with Crippen LogP contribution in [0.25, 0.3) is 0 Å². The molecule has 132 valence electrons. The van der Waals surface area contributed by atoms with Crippen molar-refractivity contribution in [1.29, 1.82) is 0 Å². The summed E-state index contributed by atoms with van der Waals surface area (Å²) < 4.78 is 10.2. The van der Waals surface area contributed by atoms with Gasteiger partial charge in [-0.25, -0.2) is 4.79 Å². The molecule has 0 bridgehead atoms. The number of carboxylic acids is 1. The molecule has 25 heavy (non-hydrogen) atoms. The first kappa shape index (κ1) is 18.0. The highest BCUT2D eigenvalue weighted by molar-refractivity contribution is 5.95. The van der Waals surface area contributed by atoms with Crippen LogP contribution >= 0.6 is 0 Å². The van der Waals surface area contributed by atoms with Crippen molar-refractivity contribution in [2.75, 3.05) is 14.2 Å². The van der Waals surface area contributed by atoms with Gasteiger partial charge in [-0.3, -0.25) is 14.9 Å². The second-order valence-electron chi connectivity index (χ2n) is 5.29. The molecular formula is C16H16N2O7. The number of carbonyl (C=O) groups excluding carboxylic acids is 1. The highest BCUT2D eigenvalue weighted by atomic mass is 16.6. The van der Waals surface area contributed by atoms with E-state index in [0.29, 0.717) is 5.76 Å². The number of aromatic carboxylic acids is 1. The molecule has 0 saturated heterocycles. The van der Waals surface area contributed by atoms with Gasteiger partial charge in [-0.1, -0.05) is 0 Å². The van der Waals surface area contributed by atoms with Crippen LogP contribution < -0.4 is 4.74 Å². The van der Waals surface area contributed by atoms with Gasteiger partial charge < -0.3 is 19.2 Å². The van der Waals surface area contributed by atoms with E-state index in [4.69, 9.17) is 14.3 Å². The zero-order valence-corrected chi connectivity index (χ0v) is 13.8. The lowest BCUT2D eigenvalue weighted by Gasteiger charge is -2.16. The van der Waals surface area contributed by atoms with Gasteiger partial charge in [0.2, 0.25) is 0 Å². The highest BCUT2D eigenvalue weighted by Crippen LogP contribution is 2.28. The number of methoxy groups -OCH3 is 1. The maximum atomic E-state index is 12.5. The summed E-state index contributed by atoms with van der Waals surface area (Å²) in [5, 5.41) is 20.1. The lowest BCUT2D eigenvalue weighted by molar-refractivity contribution is -0.385. The van der Waals surface area contributed by atoms with Crippen molar-refractivity contribution < 1.29 is 28.8 Å². The van der Waals surface area contributed by atoms with E-state index in [-0.39, 0.29) is 34.9 Å². The molecule has 0 aliphatic carbocycles. The molecule has 2 aromatic rings. The average molecular weight is 348 g/mol. The summed E-state index contributed by atoms with van der Waals surface area (Å²) in [4.78, 5) is 35.2. The minimum Gasteiger partial charge on any atom is -0.490 e. The normalized spacial score (nSPS) is 10.4. The number of carbonyl (C=O) groups is 2. The smallest absolute Gasteiger partial charge is 0.339 e. The van der Waals surface area contributed by atoms with Gasteiger partial charge >= 0.3 is 11.7 Å². The number of ether oxygens (including phenoxy) is 1. The fraction of sp³-hybridized carbons (Fsp3) is 0.250. The SMILES string of the molecule is COc1ccc(C(=O)N(C)Cc2cc(C(=O)O)c(C)o2)cc1[N+](=O)[O-]. The molecule has 0 spiro atoms. The van der Waals surface area contributed by atoms with Crippen molar-refractivity contribution in [1.82, 2.24) is 4.90 Å². The lowest BCUT2D eigenvalue weighted by Crippen LogP contribution is -2.26. The number of furan rings is 1.